The van der Waals surface area contributed by atoms with E-state index in [-0.39, 0.29) is 0 Å². The Morgan fingerprint density at radius 1 is 1.44 bits per heavy atom. The number of halogens is 1. The minimum absolute atomic E-state index is 0.491. The SMILES string of the molecule is Cc1n[nH]c(C)c1CNc1ccnc(Cl)c1. The Balaban J connectivity index is 2.08. The Kier molecular flexibility index (Phi) is 3.10. The molecule has 5 heteroatoms. The summed E-state index contributed by atoms with van der Waals surface area (Å²) in [7, 11) is 0. The predicted octanol–water partition coefficient (Wildman–Crippen LogP) is 2.69. The molecule has 0 aliphatic heterocycles. The van der Waals surface area contributed by atoms with Crippen molar-refractivity contribution >= 4 is 17.3 Å². The van der Waals surface area contributed by atoms with Crippen molar-refractivity contribution < 1.29 is 0 Å². The fourth-order valence-electron chi connectivity index (χ4n) is 1.54. The number of rotatable bonds is 3. The first-order valence-electron chi connectivity index (χ1n) is 5.02. The number of aromatic nitrogens is 3. The van der Waals surface area contributed by atoms with E-state index in [0.29, 0.717) is 5.15 Å². The molecule has 2 aromatic rings. The van der Waals surface area contributed by atoms with Crippen molar-refractivity contribution in [3.63, 3.8) is 0 Å². The van der Waals surface area contributed by atoms with Crippen molar-refractivity contribution in [3.05, 3.63) is 40.4 Å². The zero-order chi connectivity index (χ0) is 11.5. The highest BCUT2D eigenvalue weighted by Gasteiger charge is 2.05. The molecule has 0 saturated carbocycles. The molecule has 0 bridgehead atoms. The smallest absolute Gasteiger partial charge is 0.131 e. The average molecular weight is 237 g/mol. The molecule has 4 nitrogen and oxygen atoms in total. The summed E-state index contributed by atoms with van der Waals surface area (Å²) in [4.78, 5) is 3.93. The van der Waals surface area contributed by atoms with Gasteiger partial charge in [-0.1, -0.05) is 11.6 Å². The van der Waals surface area contributed by atoms with E-state index >= 15 is 0 Å². The summed E-state index contributed by atoms with van der Waals surface area (Å²) < 4.78 is 0. The Morgan fingerprint density at radius 3 is 2.88 bits per heavy atom. The van der Waals surface area contributed by atoms with Gasteiger partial charge < -0.3 is 5.32 Å². The number of hydrogen-bond donors (Lipinski definition) is 2. The Bertz CT molecular complexity index is 473. The van der Waals surface area contributed by atoms with Gasteiger partial charge in [0.2, 0.25) is 0 Å². The molecule has 2 heterocycles. The molecule has 2 N–H and O–H groups in total. The van der Waals surface area contributed by atoms with Crippen LogP contribution in [0.3, 0.4) is 0 Å². The normalized spacial score (nSPS) is 10.4. The zero-order valence-corrected chi connectivity index (χ0v) is 9.97. The molecule has 0 saturated heterocycles. The van der Waals surface area contributed by atoms with E-state index in [9.17, 15) is 0 Å². The first-order valence-corrected chi connectivity index (χ1v) is 5.40. The lowest BCUT2D eigenvalue weighted by atomic mass is 10.2. The monoisotopic (exact) mass is 236 g/mol. The van der Waals surface area contributed by atoms with Crippen LogP contribution in [0.15, 0.2) is 18.3 Å². The lowest BCUT2D eigenvalue weighted by Gasteiger charge is -2.06. The van der Waals surface area contributed by atoms with Crippen LogP contribution in [0.5, 0.6) is 0 Å². The van der Waals surface area contributed by atoms with Crippen LogP contribution in [-0.2, 0) is 6.54 Å². The largest absolute Gasteiger partial charge is 0.381 e. The molecule has 2 aromatic heterocycles. The number of aromatic amines is 1. The molecule has 0 fully saturated rings. The van der Waals surface area contributed by atoms with Crippen LogP contribution in [0, 0.1) is 13.8 Å². The first-order chi connectivity index (χ1) is 7.66. The molecular weight excluding hydrogens is 224 g/mol. The third-order valence-corrected chi connectivity index (χ3v) is 2.68. The van der Waals surface area contributed by atoms with Gasteiger partial charge >= 0.3 is 0 Å². The van der Waals surface area contributed by atoms with E-state index in [0.717, 1.165) is 23.6 Å². The number of pyridine rings is 1. The van der Waals surface area contributed by atoms with Crippen LogP contribution in [0.4, 0.5) is 5.69 Å². The number of aryl methyl sites for hydroxylation is 2. The van der Waals surface area contributed by atoms with Crippen LogP contribution in [0.25, 0.3) is 0 Å². The van der Waals surface area contributed by atoms with Crippen molar-refractivity contribution in [2.24, 2.45) is 0 Å². The molecule has 0 spiro atoms. The van der Waals surface area contributed by atoms with Gasteiger partial charge in [0.05, 0.1) is 5.69 Å². The highest BCUT2D eigenvalue weighted by atomic mass is 35.5. The van der Waals surface area contributed by atoms with E-state index < -0.39 is 0 Å². The van der Waals surface area contributed by atoms with Gasteiger partial charge in [-0.25, -0.2) is 4.98 Å². The maximum atomic E-state index is 5.80. The third kappa shape index (κ3) is 2.33. The molecule has 0 radical (unpaired) electrons. The van der Waals surface area contributed by atoms with Gasteiger partial charge in [-0.3, -0.25) is 5.10 Å². The first kappa shape index (κ1) is 11.0. The maximum Gasteiger partial charge on any atom is 0.131 e. The maximum absolute atomic E-state index is 5.80. The summed E-state index contributed by atoms with van der Waals surface area (Å²) >= 11 is 5.80. The lowest BCUT2D eigenvalue weighted by molar-refractivity contribution is 1.02. The van der Waals surface area contributed by atoms with Gasteiger partial charge in [-0.05, 0) is 26.0 Å². The van der Waals surface area contributed by atoms with Crippen molar-refractivity contribution in [1.29, 1.82) is 0 Å². The summed E-state index contributed by atoms with van der Waals surface area (Å²) in [5.74, 6) is 0. The topological polar surface area (TPSA) is 53.6 Å². The van der Waals surface area contributed by atoms with Crippen LogP contribution < -0.4 is 5.32 Å². The van der Waals surface area contributed by atoms with E-state index in [1.165, 1.54) is 5.56 Å². The van der Waals surface area contributed by atoms with Crippen molar-refractivity contribution in [1.82, 2.24) is 15.2 Å². The summed E-state index contributed by atoms with van der Waals surface area (Å²) in [5.41, 5.74) is 4.25. The number of nitrogens with one attached hydrogen (secondary N) is 2. The van der Waals surface area contributed by atoms with Crippen molar-refractivity contribution in [3.8, 4) is 0 Å². The van der Waals surface area contributed by atoms with Gasteiger partial charge in [0.25, 0.3) is 0 Å². The molecule has 0 aliphatic carbocycles. The Hall–Kier alpha value is -1.55. The molecule has 84 valence electrons. The number of hydrogen-bond acceptors (Lipinski definition) is 3. The van der Waals surface area contributed by atoms with Crippen molar-refractivity contribution in [2.45, 2.75) is 20.4 Å². The van der Waals surface area contributed by atoms with Crippen LogP contribution in [0.2, 0.25) is 5.15 Å². The highest BCUT2D eigenvalue weighted by Crippen LogP contribution is 2.15. The summed E-state index contributed by atoms with van der Waals surface area (Å²) in [5, 5.41) is 10.9. The molecule has 2 rings (SSSR count). The Labute approximate surface area is 99.1 Å². The van der Waals surface area contributed by atoms with Gasteiger partial charge in [-0.2, -0.15) is 5.10 Å². The standard InChI is InChI=1S/C11H13ClN4/c1-7-10(8(2)16-15-7)6-14-9-3-4-13-11(12)5-9/h3-5H,6H2,1-2H3,(H,13,14)(H,15,16). The number of anilines is 1. The summed E-state index contributed by atoms with van der Waals surface area (Å²) in [6.07, 6.45) is 1.68. The van der Waals surface area contributed by atoms with Gasteiger partial charge in [-0.15, -0.1) is 0 Å². The molecule has 0 amide bonds. The molecule has 0 atom stereocenters. The van der Waals surface area contributed by atoms with Crippen LogP contribution in [-0.4, -0.2) is 15.2 Å². The molecular formula is C11H13ClN4. The molecule has 0 unspecified atom stereocenters. The van der Waals surface area contributed by atoms with Crippen molar-refractivity contribution in [2.75, 3.05) is 5.32 Å². The lowest BCUT2D eigenvalue weighted by Crippen LogP contribution is -2.01. The van der Waals surface area contributed by atoms with E-state index in [2.05, 4.69) is 20.5 Å². The number of H-pyrrole nitrogens is 1. The summed E-state index contributed by atoms with van der Waals surface area (Å²) in [6.45, 7) is 4.73. The molecule has 0 aromatic carbocycles. The van der Waals surface area contributed by atoms with E-state index in [4.69, 9.17) is 11.6 Å². The van der Waals surface area contributed by atoms with Gasteiger partial charge in [0.15, 0.2) is 0 Å². The van der Waals surface area contributed by atoms with E-state index in [1.807, 2.05) is 19.9 Å². The van der Waals surface area contributed by atoms with E-state index in [1.54, 1.807) is 12.3 Å². The molecule has 0 aliphatic rings. The highest BCUT2D eigenvalue weighted by molar-refractivity contribution is 6.29. The predicted molar refractivity (Wildman–Crippen MR) is 64.6 cm³/mol. The third-order valence-electron chi connectivity index (χ3n) is 2.48. The van der Waals surface area contributed by atoms with Gasteiger partial charge in [0.1, 0.15) is 5.15 Å². The fraction of sp³-hybridized carbons (Fsp3) is 0.273. The summed E-state index contributed by atoms with van der Waals surface area (Å²) in [6, 6.07) is 3.68. The second-order valence-corrected chi connectivity index (χ2v) is 4.02. The second-order valence-electron chi connectivity index (χ2n) is 3.63. The van der Waals surface area contributed by atoms with Crippen LogP contribution >= 0.6 is 11.6 Å². The number of nitrogens with zero attached hydrogens (tertiary/aromatic N) is 2. The minimum Gasteiger partial charge on any atom is -0.381 e. The zero-order valence-electron chi connectivity index (χ0n) is 9.21. The quantitative estimate of drug-likeness (QED) is 0.806. The minimum atomic E-state index is 0.491. The Morgan fingerprint density at radius 2 is 2.25 bits per heavy atom. The average Bonchev–Trinajstić information content (AvgIpc) is 2.56. The molecule has 16 heavy (non-hydrogen) atoms. The van der Waals surface area contributed by atoms with Gasteiger partial charge in [0, 0.05) is 29.7 Å². The van der Waals surface area contributed by atoms with Crippen LogP contribution in [0.1, 0.15) is 17.0 Å². The fourth-order valence-corrected chi connectivity index (χ4v) is 1.71. The second kappa shape index (κ2) is 4.53.